The standard InChI is InChI=1S/C69H63N5O/c1-66(2,3)43-26-30-57-49(34-43)50-35-44(67(4,5)6)27-31-58(50)73(57)61-38-53-47-24-19-25-48(56-39-55(41-20-15-13-16-21-41)71-65(72-56)42-22-17-14-18-23-42)63(47)75-64(53)54(40-70)62(61)74-59-32-28-45(68(7,8)9)36-51(59)52-37-46(69(10,11)12)29-33-60(52)74/h13-39H,1-12H3. The van der Waals surface area contributed by atoms with Crippen molar-refractivity contribution in [2.45, 2.75) is 105 Å². The highest BCUT2D eigenvalue weighted by atomic mass is 16.3. The smallest absolute Gasteiger partial charge is 0.160 e. The lowest BCUT2D eigenvalue weighted by molar-refractivity contribution is 0.590. The number of rotatable bonds is 5. The second-order valence-electron chi connectivity index (χ2n) is 24.7. The minimum Gasteiger partial charge on any atom is -0.454 e. The Morgan fingerprint density at radius 2 is 0.840 bits per heavy atom. The van der Waals surface area contributed by atoms with Crippen LogP contribution in [0.1, 0.15) is 111 Å². The quantitative estimate of drug-likeness (QED) is 0.172. The van der Waals surface area contributed by atoms with E-state index in [4.69, 9.17) is 14.4 Å². The summed E-state index contributed by atoms with van der Waals surface area (Å²) < 4.78 is 12.0. The largest absolute Gasteiger partial charge is 0.454 e. The number of aromatic nitrogens is 4. The van der Waals surface area contributed by atoms with Crippen LogP contribution in [0.3, 0.4) is 0 Å². The van der Waals surface area contributed by atoms with Crippen molar-refractivity contribution in [3.8, 4) is 51.3 Å². The van der Waals surface area contributed by atoms with Crippen LogP contribution in [0, 0.1) is 11.3 Å². The van der Waals surface area contributed by atoms with Gasteiger partial charge in [-0.25, -0.2) is 9.97 Å². The fourth-order valence-corrected chi connectivity index (χ4v) is 11.1. The van der Waals surface area contributed by atoms with Gasteiger partial charge in [0.05, 0.1) is 44.8 Å². The maximum Gasteiger partial charge on any atom is 0.160 e. The molecule has 0 aliphatic carbocycles. The van der Waals surface area contributed by atoms with Crippen LogP contribution < -0.4 is 0 Å². The molecule has 4 heterocycles. The van der Waals surface area contributed by atoms with Gasteiger partial charge < -0.3 is 13.6 Å². The van der Waals surface area contributed by atoms with Crippen molar-refractivity contribution < 1.29 is 4.42 Å². The van der Waals surface area contributed by atoms with Crippen molar-refractivity contribution in [2.24, 2.45) is 0 Å². The molecule has 370 valence electrons. The highest BCUT2D eigenvalue weighted by Crippen LogP contribution is 2.47. The van der Waals surface area contributed by atoms with Gasteiger partial charge in [0.1, 0.15) is 17.2 Å². The van der Waals surface area contributed by atoms with E-state index in [1.165, 1.54) is 33.0 Å². The van der Waals surface area contributed by atoms with Crippen molar-refractivity contribution in [3.05, 3.63) is 192 Å². The first-order chi connectivity index (χ1) is 35.7. The Hall–Kier alpha value is -8.27. The molecule has 6 nitrogen and oxygen atoms in total. The lowest BCUT2D eigenvalue weighted by Crippen LogP contribution is -2.11. The van der Waals surface area contributed by atoms with Crippen LogP contribution in [-0.4, -0.2) is 19.1 Å². The molecule has 0 bridgehead atoms. The molecular weight excluding hydrogens is 915 g/mol. The fraction of sp³-hybridized carbons (Fsp3) is 0.232. The Morgan fingerprint density at radius 3 is 1.29 bits per heavy atom. The van der Waals surface area contributed by atoms with Crippen LogP contribution in [0.4, 0.5) is 0 Å². The van der Waals surface area contributed by atoms with E-state index in [0.29, 0.717) is 22.6 Å². The Balaban J connectivity index is 1.25. The lowest BCUT2D eigenvalue weighted by Gasteiger charge is -2.21. The molecule has 12 rings (SSSR count). The average molecular weight is 978 g/mol. The molecule has 0 saturated carbocycles. The van der Waals surface area contributed by atoms with Gasteiger partial charge in [-0.3, -0.25) is 0 Å². The number of hydrogen-bond donors (Lipinski definition) is 0. The highest BCUT2D eigenvalue weighted by Gasteiger charge is 2.30. The molecule has 0 N–H and O–H groups in total. The predicted molar refractivity (Wildman–Crippen MR) is 314 cm³/mol. The predicted octanol–water partition coefficient (Wildman–Crippen LogP) is 18.6. The van der Waals surface area contributed by atoms with Crippen LogP contribution in [0.25, 0.3) is 111 Å². The first-order valence-electron chi connectivity index (χ1n) is 26.3. The normalized spacial score (nSPS) is 12.8. The van der Waals surface area contributed by atoms with E-state index in [1.807, 2.05) is 48.5 Å². The summed E-state index contributed by atoms with van der Waals surface area (Å²) in [4.78, 5) is 10.4. The van der Waals surface area contributed by atoms with Crippen molar-refractivity contribution in [1.82, 2.24) is 19.1 Å². The molecule has 0 atom stereocenters. The summed E-state index contributed by atoms with van der Waals surface area (Å²) in [5.74, 6) is 0.619. The van der Waals surface area contributed by atoms with Gasteiger partial charge in [-0.1, -0.05) is 180 Å². The van der Waals surface area contributed by atoms with Gasteiger partial charge in [0.2, 0.25) is 0 Å². The van der Waals surface area contributed by atoms with E-state index < -0.39 is 0 Å². The zero-order chi connectivity index (χ0) is 52.5. The van der Waals surface area contributed by atoms with Crippen molar-refractivity contribution in [3.63, 3.8) is 0 Å². The van der Waals surface area contributed by atoms with Crippen LogP contribution in [0.15, 0.2) is 168 Å². The van der Waals surface area contributed by atoms with E-state index in [2.05, 4.69) is 214 Å². The highest BCUT2D eigenvalue weighted by molar-refractivity contribution is 6.16. The lowest BCUT2D eigenvalue weighted by atomic mass is 9.85. The summed E-state index contributed by atoms with van der Waals surface area (Å²) in [5.41, 5.74) is 16.4. The maximum absolute atomic E-state index is 12.0. The van der Waals surface area contributed by atoms with Gasteiger partial charge in [0, 0.05) is 49.0 Å². The third kappa shape index (κ3) is 7.91. The first-order valence-corrected chi connectivity index (χ1v) is 26.3. The number of hydrogen-bond acceptors (Lipinski definition) is 4. The van der Waals surface area contributed by atoms with Gasteiger partial charge in [-0.2, -0.15) is 5.26 Å². The molecule has 6 heteroatoms. The third-order valence-electron chi connectivity index (χ3n) is 15.4. The number of furan rings is 1. The summed E-state index contributed by atoms with van der Waals surface area (Å²) >= 11 is 0. The SMILES string of the molecule is CC(C)(C)c1ccc2c(c1)c1cc(C(C)(C)C)ccc1n2-c1cc2c(oc3c(-c4cc(-c5ccccc5)nc(-c5ccccc5)n4)cccc32)c(C#N)c1-n1c2ccc(C(C)(C)C)cc2c2cc(C(C)(C)C)ccc21. The number of nitriles is 1. The first kappa shape index (κ1) is 47.7. The molecule has 0 saturated heterocycles. The van der Waals surface area contributed by atoms with Crippen molar-refractivity contribution >= 4 is 65.6 Å². The fourth-order valence-electron chi connectivity index (χ4n) is 11.1. The maximum atomic E-state index is 12.0. The summed E-state index contributed by atoms with van der Waals surface area (Å²) in [5, 5.41) is 18.4. The minimum absolute atomic E-state index is 0.0795. The molecule has 0 amide bonds. The van der Waals surface area contributed by atoms with Gasteiger partial charge in [-0.05, 0) is 111 Å². The molecule has 75 heavy (non-hydrogen) atoms. The Kier molecular flexibility index (Phi) is 10.7. The van der Waals surface area contributed by atoms with Crippen molar-refractivity contribution in [1.29, 1.82) is 5.26 Å². The molecule has 0 aliphatic heterocycles. The molecule has 0 aliphatic rings. The van der Waals surface area contributed by atoms with Crippen LogP contribution in [0.2, 0.25) is 0 Å². The van der Waals surface area contributed by atoms with Crippen LogP contribution >= 0.6 is 0 Å². The van der Waals surface area contributed by atoms with Gasteiger partial charge in [0.25, 0.3) is 0 Å². The number of fused-ring (bicyclic) bond motifs is 9. The second-order valence-corrected chi connectivity index (χ2v) is 24.7. The molecule has 0 radical (unpaired) electrons. The van der Waals surface area contributed by atoms with E-state index in [-0.39, 0.29) is 21.7 Å². The molecular formula is C69H63N5O. The summed E-state index contributed by atoms with van der Waals surface area (Å²) in [7, 11) is 0. The average Bonchev–Trinajstić information content (AvgIpc) is 4.18. The summed E-state index contributed by atoms with van der Waals surface area (Å²) in [6, 6.07) is 61.5. The molecule has 4 aromatic heterocycles. The Labute approximate surface area is 439 Å². The van der Waals surface area contributed by atoms with Crippen molar-refractivity contribution in [2.75, 3.05) is 0 Å². The van der Waals surface area contributed by atoms with Crippen LogP contribution in [-0.2, 0) is 21.7 Å². The zero-order valence-corrected chi connectivity index (χ0v) is 45.2. The second kappa shape index (κ2) is 16.9. The van der Waals surface area contributed by atoms with E-state index in [9.17, 15) is 5.26 Å². The monoisotopic (exact) mass is 978 g/mol. The van der Waals surface area contributed by atoms with E-state index >= 15 is 0 Å². The number of benzene rings is 8. The molecule has 8 aromatic carbocycles. The van der Waals surface area contributed by atoms with Crippen LogP contribution in [0.5, 0.6) is 0 Å². The zero-order valence-electron chi connectivity index (χ0n) is 45.2. The molecule has 0 fully saturated rings. The summed E-state index contributed by atoms with van der Waals surface area (Å²) in [6.07, 6.45) is 0. The third-order valence-corrected chi connectivity index (χ3v) is 15.4. The van der Waals surface area contributed by atoms with Gasteiger partial charge >= 0.3 is 0 Å². The minimum atomic E-state index is -0.0910. The molecule has 0 unspecified atom stereocenters. The van der Waals surface area contributed by atoms with Gasteiger partial charge in [-0.15, -0.1) is 0 Å². The number of nitrogens with zero attached hydrogens (tertiary/aromatic N) is 5. The summed E-state index contributed by atoms with van der Waals surface area (Å²) in [6.45, 7) is 27.3. The van der Waals surface area contributed by atoms with Gasteiger partial charge in [0.15, 0.2) is 11.4 Å². The molecule has 12 aromatic rings. The Bertz CT molecular complexity index is 4120. The Morgan fingerprint density at radius 1 is 0.400 bits per heavy atom. The molecule has 0 spiro atoms. The number of para-hydroxylation sites is 1. The van der Waals surface area contributed by atoms with E-state index in [0.717, 1.165) is 83.1 Å². The van der Waals surface area contributed by atoms with E-state index in [1.54, 1.807) is 0 Å². The topological polar surface area (TPSA) is 72.6 Å².